The summed E-state index contributed by atoms with van der Waals surface area (Å²) in [5, 5.41) is 2.06. The van der Waals surface area contributed by atoms with Crippen molar-refractivity contribution in [3.05, 3.63) is 89.1 Å². The SMILES string of the molecule is COC(=O)C1=C(C)N(c2ccc(OC)cc2)C(=O)/C1=C\c1cccc2ccccc12. The predicted molar refractivity (Wildman–Crippen MR) is 117 cm³/mol. The largest absolute Gasteiger partial charge is 0.497 e. The first kappa shape index (κ1) is 19.5. The molecule has 0 N–H and O–H groups in total. The lowest BCUT2D eigenvalue weighted by Gasteiger charge is -2.18. The Balaban J connectivity index is 1.87. The number of esters is 1. The molecule has 0 bridgehead atoms. The van der Waals surface area contributed by atoms with E-state index in [9.17, 15) is 9.59 Å². The third-order valence-corrected chi connectivity index (χ3v) is 5.24. The molecule has 1 aliphatic rings. The zero-order valence-electron chi connectivity index (χ0n) is 17.0. The minimum Gasteiger partial charge on any atom is -0.497 e. The van der Waals surface area contributed by atoms with Crippen molar-refractivity contribution in [1.82, 2.24) is 0 Å². The van der Waals surface area contributed by atoms with Crippen LogP contribution in [0.3, 0.4) is 0 Å². The van der Waals surface area contributed by atoms with Gasteiger partial charge in [-0.05, 0) is 53.6 Å². The summed E-state index contributed by atoms with van der Waals surface area (Å²) in [7, 11) is 2.90. The molecule has 3 aromatic rings. The first-order chi connectivity index (χ1) is 14.5. The van der Waals surface area contributed by atoms with E-state index in [1.54, 1.807) is 44.4 Å². The standard InChI is InChI=1S/C25H21NO4/c1-16-23(25(28)30-3)22(15-18-9-6-8-17-7-4-5-10-21(17)18)24(27)26(16)19-11-13-20(29-2)14-12-19/h4-15H,1-3H3/b22-15-. The molecule has 0 atom stereocenters. The molecule has 4 rings (SSSR count). The number of ether oxygens (including phenoxy) is 2. The molecule has 0 saturated heterocycles. The summed E-state index contributed by atoms with van der Waals surface area (Å²) in [4.78, 5) is 27.5. The van der Waals surface area contributed by atoms with Gasteiger partial charge in [0.25, 0.3) is 5.91 Å². The summed E-state index contributed by atoms with van der Waals surface area (Å²) in [6.45, 7) is 1.75. The molecule has 0 spiro atoms. The monoisotopic (exact) mass is 399 g/mol. The quantitative estimate of drug-likeness (QED) is 0.470. The van der Waals surface area contributed by atoms with Crippen LogP contribution in [0.2, 0.25) is 0 Å². The zero-order valence-corrected chi connectivity index (χ0v) is 17.0. The van der Waals surface area contributed by atoms with Crippen molar-refractivity contribution in [2.24, 2.45) is 0 Å². The Bertz CT molecular complexity index is 1200. The Morgan fingerprint density at radius 2 is 1.63 bits per heavy atom. The Morgan fingerprint density at radius 1 is 0.933 bits per heavy atom. The van der Waals surface area contributed by atoms with Gasteiger partial charge in [0.15, 0.2) is 0 Å². The topological polar surface area (TPSA) is 55.8 Å². The summed E-state index contributed by atoms with van der Waals surface area (Å²) in [5.41, 5.74) is 2.63. The van der Waals surface area contributed by atoms with Gasteiger partial charge in [-0.15, -0.1) is 0 Å². The number of fused-ring (bicyclic) bond motifs is 1. The van der Waals surface area contributed by atoms with E-state index >= 15 is 0 Å². The normalized spacial score (nSPS) is 15.2. The van der Waals surface area contributed by atoms with E-state index in [1.807, 2.05) is 42.5 Å². The van der Waals surface area contributed by atoms with Crippen LogP contribution in [0.15, 0.2) is 83.6 Å². The Hall–Kier alpha value is -3.86. The number of anilines is 1. The highest BCUT2D eigenvalue weighted by atomic mass is 16.5. The van der Waals surface area contributed by atoms with Crippen LogP contribution in [-0.2, 0) is 14.3 Å². The average Bonchev–Trinajstić information content (AvgIpc) is 3.03. The Morgan fingerprint density at radius 3 is 2.33 bits per heavy atom. The van der Waals surface area contributed by atoms with Crippen LogP contribution < -0.4 is 9.64 Å². The van der Waals surface area contributed by atoms with Crippen molar-refractivity contribution in [3.8, 4) is 5.75 Å². The number of rotatable bonds is 4. The van der Waals surface area contributed by atoms with E-state index in [1.165, 1.54) is 12.0 Å². The van der Waals surface area contributed by atoms with Crippen LogP contribution in [0, 0.1) is 0 Å². The van der Waals surface area contributed by atoms with Gasteiger partial charge in [0.1, 0.15) is 5.75 Å². The highest BCUT2D eigenvalue weighted by Crippen LogP contribution is 2.36. The summed E-state index contributed by atoms with van der Waals surface area (Å²) < 4.78 is 10.2. The van der Waals surface area contributed by atoms with Gasteiger partial charge in [-0.3, -0.25) is 9.69 Å². The maximum absolute atomic E-state index is 13.4. The van der Waals surface area contributed by atoms with Crippen LogP contribution in [0.25, 0.3) is 16.8 Å². The van der Waals surface area contributed by atoms with Gasteiger partial charge in [-0.1, -0.05) is 42.5 Å². The number of hydrogen-bond donors (Lipinski definition) is 0. The number of amides is 1. The lowest BCUT2D eigenvalue weighted by atomic mass is 9.99. The molecular formula is C25H21NO4. The highest BCUT2D eigenvalue weighted by molar-refractivity contribution is 6.24. The molecule has 0 radical (unpaired) electrons. The van der Waals surface area contributed by atoms with Gasteiger partial charge < -0.3 is 9.47 Å². The zero-order chi connectivity index (χ0) is 21.3. The molecular weight excluding hydrogens is 378 g/mol. The number of benzene rings is 3. The summed E-state index contributed by atoms with van der Waals surface area (Å²) in [6, 6.07) is 20.9. The molecule has 0 fully saturated rings. The Kier molecular flexibility index (Phi) is 5.11. The molecule has 1 amide bonds. The van der Waals surface area contributed by atoms with E-state index in [4.69, 9.17) is 9.47 Å². The molecule has 5 nitrogen and oxygen atoms in total. The fourth-order valence-corrected chi connectivity index (χ4v) is 3.75. The lowest BCUT2D eigenvalue weighted by molar-refractivity contribution is -0.136. The van der Waals surface area contributed by atoms with Gasteiger partial charge in [0.05, 0.1) is 25.4 Å². The molecule has 0 aromatic heterocycles. The van der Waals surface area contributed by atoms with E-state index in [0.717, 1.165) is 16.3 Å². The van der Waals surface area contributed by atoms with Crippen molar-refractivity contribution in [1.29, 1.82) is 0 Å². The second kappa shape index (κ2) is 7.87. The van der Waals surface area contributed by atoms with Crippen molar-refractivity contribution >= 4 is 34.4 Å². The van der Waals surface area contributed by atoms with E-state index in [0.29, 0.717) is 22.7 Å². The number of carbonyl (C=O) groups excluding carboxylic acids is 2. The van der Waals surface area contributed by atoms with E-state index < -0.39 is 5.97 Å². The molecule has 0 unspecified atom stereocenters. The summed E-state index contributed by atoms with van der Waals surface area (Å²) >= 11 is 0. The highest BCUT2D eigenvalue weighted by Gasteiger charge is 2.38. The second-order valence-corrected chi connectivity index (χ2v) is 6.92. The van der Waals surface area contributed by atoms with Gasteiger partial charge >= 0.3 is 5.97 Å². The van der Waals surface area contributed by atoms with Gasteiger partial charge in [0.2, 0.25) is 0 Å². The number of nitrogens with zero attached hydrogens (tertiary/aromatic N) is 1. The molecule has 1 heterocycles. The minimum absolute atomic E-state index is 0.270. The van der Waals surface area contributed by atoms with Crippen LogP contribution in [0.4, 0.5) is 5.69 Å². The van der Waals surface area contributed by atoms with Crippen LogP contribution in [0.1, 0.15) is 12.5 Å². The minimum atomic E-state index is -0.539. The molecule has 150 valence electrons. The molecule has 1 aliphatic heterocycles. The van der Waals surface area contributed by atoms with Crippen molar-refractivity contribution in [2.75, 3.05) is 19.1 Å². The molecule has 30 heavy (non-hydrogen) atoms. The van der Waals surface area contributed by atoms with E-state index in [-0.39, 0.29) is 11.5 Å². The first-order valence-corrected chi connectivity index (χ1v) is 9.52. The number of allylic oxidation sites excluding steroid dienone is 1. The number of methoxy groups -OCH3 is 2. The number of carbonyl (C=O) groups is 2. The van der Waals surface area contributed by atoms with Crippen LogP contribution in [0.5, 0.6) is 5.75 Å². The van der Waals surface area contributed by atoms with Gasteiger partial charge in [0, 0.05) is 11.4 Å². The van der Waals surface area contributed by atoms with Gasteiger partial charge in [-0.25, -0.2) is 4.79 Å². The van der Waals surface area contributed by atoms with E-state index in [2.05, 4.69) is 0 Å². The molecule has 0 saturated carbocycles. The number of hydrogen-bond acceptors (Lipinski definition) is 4. The third-order valence-electron chi connectivity index (χ3n) is 5.24. The van der Waals surface area contributed by atoms with Crippen molar-refractivity contribution in [2.45, 2.75) is 6.92 Å². The maximum Gasteiger partial charge on any atom is 0.340 e. The molecule has 0 aliphatic carbocycles. The van der Waals surface area contributed by atoms with Gasteiger partial charge in [-0.2, -0.15) is 0 Å². The molecule has 5 heteroatoms. The summed E-state index contributed by atoms with van der Waals surface area (Å²) in [5.74, 6) is -0.124. The average molecular weight is 399 g/mol. The van der Waals surface area contributed by atoms with Crippen LogP contribution in [-0.4, -0.2) is 26.1 Å². The maximum atomic E-state index is 13.4. The van der Waals surface area contributed by atoms with Crippen molar-refractivity contribution in [3.63, 3.8) is 0 Å². The second-order valence-electron chi connectivity index (χ2n) is 6.92. The fraction of sp³-hybridized carbons (Fsp3) is 0.120. The lowest BCUT2D eigenvalue weighted by Crippen LogP contribution is -2.24. The predicted octanol–water partition coefficient (Wildman–Crippen LogP) is 4.73. The Labute approximate surface area is 174 Å². The van der Waals surface area contributed by atoms with Crippen molar-refractivity contribution < 1.29 is 19.1 Å². The van der Waals surface area contributed by atoms with Crippen LogP contribution >= 0.6 is 0 Å². The smallest absolute Gasteiger partial charge is 0.340 e. The first-order valence-electron chi connectivity index (χ1n) is 9.52. The third kappa shape index (κ3) is 3.24. The molecule has 3 aromatic carbocycles. The summed E-state index contributed by atoms with van der Waals surface area (Å²) in [6.07, 6.45) is 1.77. The fourth-order valence-electron chi connectivity index (χ4n) is 3.75.